The lowest BCUT2D eigenvalue weighted by atomic mass is 10.1. The molecular weight excluding hydrogens is 365 g/mol. The minimum absolute atomic E-state index is 0.211. The van der Waals surface area contributed by atoms with E-state index in [2.05, 4.69) is 10.6 Å². The van der Waals surface area contributed by atoms with E-state index >= 15 is 0 Å². The van der Waals surface area contributed by atoms with Gasteiger partial charge in [0.1, 0.15) is 5.82 Å². The molecule has 3 aromatic carbocycles. The summed E-state index contributed by atoms with van der Waals surface area (Å²) in [4.78, 5) is 12.0. The molecule has 0 saturated carbocycles. The van der Waals surface area contributed by atoms with Gasteiger partial charge in [0.2, 0.25) is 5.91 Å². The fraction of sp³-hybridized carbons (Fsp3) is 0.125. The van der Waals surface area contributed by atoms with Crippen LogP contribution in [-0.2, 0) is 17.8 Å². The summed E-state index contributed by atoms with van der Waals surface area (Å²) in [5, 5.41) is 6.14. The van der Waals surface area contributed by atoms with Crippen molar-refractivity contribution in [1.29, 1.82) is 0 Å². The van der Waals surface area contributed by atoms with E-state index < -0.39 is 0 Å². The molecule has 0 aliphatic rings. The second kappa shape index (κ2) is 10.2. The van der Waals surface area contributed by atoms with Gasteiger partial charge in [0, 0.05) is 12.6 Å². The molecule has 0 aliphatic carbocycles. The van der Waals surface area contributed by atoms with Gasteiger partial charge in [-0.25, -0.2) is 4.39 Å². The van der Waals surface area contributed by atoms with Crippen molar-refractivity contribution >= 4 is 23.4 Å². The summed E-state index contributed by atoms with van der Waals surface area (Å²) in [6, 6.07) is 21.7. The zero-order valence-corrected chi connectivity index (χ0v) is 16.1. The molecule has 0 spiro atoms. The van der Waals surface area contributed by atoms with Gasteiger partial charge >= 0.3 is 0 Å². The van der Waals surface area contributed by atoms with Gasteiger partial charge in [-0.3, -0.25) is 4.79 Å². The van der Waals surface area contributed by atoms with E-state index in [9.17, 15) is 9.18 Å². The van der Waals surface area contributed by atoms with Gasteiger partial charge in [0.25, 0.3) is 0 Å². The fourth-order valence-corrected chi connectivity index (χ4v) is 2.82. The van der Waals surface area contributed by atoms with Gasteiger partial charge in [0.05, 0.1) is 11.4 Å². The van der Waals surface area contributed by atoms with Crippen molar-refractivity contribution in [2.24, 2.45) is 0 Å². The predicted molar refractivity (Wildman–Crippen MR) is 117 cm³/mol. The van der Waals surface area contributed by atoms with Gasteiger partial charge in [-0.1, -0.05) is 48.5 Å². The summed E-state index contributed by atoms with van der Waals surface area (Å²) < 4.78 is 12.9. The molecule has 0 unspecified atom stereocenters. The molecule has 0 saturated heterocycles. The Kier molecular flexibility index (Phi) is 7.14. The Labute approximate surface area is 170 Å². The number of nitrogens with two attached hydrogens (primary N) is 1. The first-order valence-electron chi connectivity index (χ1n) is 9.48. The van der Waals surface area contributed by atoms with Crippen molar-refractivity contribution < 1.29 is 9.18 Å². The highest BCUT2D eigenvalue weighted by Crippen LogP contribution is 2.16. The minimum atomic E-state index is -0.227. The quantitative estimate of drug-likeness (QED) is 0.304. The Balaban J connectivity index is 1.43. The maximum Gasteiger partial charge on any atom is 0.248 e. The Morgan fingerprint density at radius 1 is 0.931 bits per heavy atom. The number of para-hydroxylation sites is 2. The van der Waals surface area contributed by atoms with Crippen molar-refractivity contribution in [3.8, 4) is 0 Å². The van der Waals surface area contributed by atoms with Crippen molar-refractivity contribution in [1.82, 2.24) is 5.32 Å². The molecule has 4 nitrogen and oxygen atoms in total. The lowest BCUT2D eigenvalue weighted by Crippen LogP contribution is -2.16. The highest BCUT2D eigenvalue weighted by atomic mass is 19.1. The van der Waals surface area contributed by atoms with E-state index in [0.717, 1.165) is 36.2 Å². The van der Waals surface area contributed by atoms with Gasteiger partial charge in [-0.05, 0) is 60.0 Å². The Bertz CT molecular complexity index is 966. The average Bonchev–Trinajstić information content (AvgIpc) is 2.73. The monoisotopic (exact) mass is 389 g/mol. The molecule has 0 radical (unpaired) electrons. The molecule has 5 heteroatoms. The van der Waals surface area contributed by atoms with Crippen molar-refractivity contribution in [3.05, 3.63) is 101 Å². The van der Waals surface area contributed by atoms with Crippen LogP contribution in [0.4, 0.5) is 15.8 Å². The van der Waals surface area contributed by atoms with Crippen LogP contribution < -0.4 is 16.4 Å². The highest BCUT2D eigenvalue weighted by Gasteiger charge is 2.01. The Morgan fingerprint density at radius 3 is 2.34 bits per heavy atom. The molecule has 4 N–H and O–H groups in total. The number of amides is 1. The number of hydrogen-bond acceptors (Lipinski definition) is 3. The van der Waals surface area contributed by atoms with Crippen LogP contribution in [0.5, 0.6) is 0 Å². The molecular formula is C24H24FN3O. The summed E-state index contributed by atoms with van der Waals surface area (Å²) >= 11 is 0. The van der Waals surface area contributed by atoms with Crippen molar-refractivity contribution in [2.45, 2.75) is 13.0 Å². The fourth-order valence-electron chi connectivity index (χ4n) is 2.82. The van der Waals surface area contributed by atoms with Crippen LogP contribution in [0, 0.1) is 5.82 Å². The SMILES string of the molecule is Nc1ccccc1NC(=O)/C=C/c1ccc(CNCCc2ccc(F)cc2)cc1. The van der Waals surface area contributed by atoms with E-state index in [0.29, 0.717) is 11.4 Å². The molecule has 0 heterocycles. The normalized spacial score (nSPS) is 10.9. The topological polar surface area (TPSA) is 67.1 Å². The Morgan fingerprint density at radius 2 is 1.62 bits per heavy atom. The van der Waals surface area contributed by atoms with Gasteiger partial charge in [-0.2, -0.15) is 0 Å². The first-order valence-corrected chi connectivity index (χ1v) is 9.48. The third-order valence-electron chi connectivity index (χ3n) is 4.46. The van der Waals surface area contributed by atoms with Gasteiger partial charge < -0.3 is 16.4 Å². The van der Waals surface area contributed by atoms with E-state index in [1.54, 1.807) is 30.3 Å². The highest BCUT2D eigenvalue weighted by molar-refractivity contribution is 6.03. The molecule has 1 amide bonds. The largest absolute Gasteiger partial charge is 0.397 e. The first kappa shape index (κ1) is 20.3. The minimum Gasteiger partial charge on any atom is -0.397 e. The van der Waals surface area contributed by atoms with Crippen molar-refractivity contribution in [2.75, 3.05) is 17.6 Å². The third-order valence-corrected chi connectivity index (χ3v) is 4.46. The van der Waals surface area contributed by atoms with Crippen LogP contribution in [0.2, 0.25) is 0 Å². The van der Waals surface area contributed by atoms with Crippen LogP contribution in [0.1, 0.15) is 16.7 Å². The number of benzene rings is 3. The smallest absolute Gasteiger partial charge is 0.248 e. The van der Waals surface area contributed by atoms with Crippen LogP contribution in [0.15, 0.2) is 78.9 Å². The molecule has 0 aromatic heterocycles. The summed E-state index contributed by atoms with van der Waals surface area (Å²) in [5.41, 5.74) is 10.2. The number of halogens is 1. The summed E-state index contributed by atoms with van der Waals surface area (Å²) in [7, 11) is 0. The number of rotatable bonds is 8. The van der Waals surface area contributed by atoms with Crippen LogP contribution in [-0.4, -0.2) is 12.5 Å². The number of anilines is 2. The van der Waals surface area contributed by atoms with E-state index in [1.807, 2.05) is 36.4 Å². The van der Waals surface area contributed by atoms with E-state index in [-0.39, 0.29) is 11.7 Å². The number of nitrogen functional groups attached to an aromatic ring is 1. The molecule has 148 valence electrons. The lowest BCUT2D eigenvalue weighted by Gasteiger charge is -2.06. The summed E-state index contributed by atoms with van der Waals surface area (Å²) in [5.74, 6) is -0.438. The lowest BCUT2D eigenvalue weighted by molar-refractivity contribution is -0.111. The van der Waals surface area contributed by atoms with Crippen LogP contribution in [0.3, 0.4) is 0 Å². The van der Waals surface area contributed by atoms with E-state index in [1.165, 1.54) is 18.2 Å². The number of nitrogens with one attached hydrogen (secondary N) is 2. The maximum atomic E-state index is 12.9. The molecule has 0 fully saturated rings. The summed E-state index contributed by atoms with van der Waals surface area (Å²) in [6.07, 6.45) is 4.10. The van der Waals surface area contributed by atoms with Crippen molar-refractivity contribution in [3.63, 3.8) is 0 Å². The van der Waals surface area contributed by atoms with Crippen LogP contribution >= 0.6 is 0 Å². The summed E-state index contributed by atoms with van der Waals surface area (Å²) in [6.45, 7) is 1.56. The number of hydrogen-bond donors (Lipinski definition) is 3. The zero-order valence-electron chi connectivity index (χ0n) is 16.1. The molecule has 0 atom stereocenters. The first-order chi connectivity index (χ1) is 14.1. The predicted octanol–water partition coefficient (Wildman–Crippen LogP) is 4.39. The van der Waals surface area contributed by atoms with E-state index in [4.69, 9.17) is 5.73 Å². The van der Waals surface area contributed by atoms with Gasteiger partial charge in [0.15, 0.2) is 0 Å². The Hall–Kier alpha value is -3.44. The number of carbonyl (C=O) groups excluding carboxylic acids is 1. The average molecular weight is 389 g/mol. The molecule has 3 rings (SSSR count). The zero-order chi connectivity index (χ0) is 20.5. The molecule has 0 aliphatic heterocycles. The molecule has 3 aromatic rings. The second-order valence-electron chi connectivity index (χ2n) is 6.70. The molecule has 0 bridgehead atoms. The van der Waals surface area contributed by atoms with Gasteiger partial charge in [-0.15, -0.1) is 0 Å². The number of carbonyl (C=O) groups is 1. The molecule has 29 heavy (non-hydrogen) atoms. The standard InChI is InChI=1S/C24H24FN3O/c25-21-12-9-19(10-13-21)15-16-27-17-20-7-5-18(6-8-20)11-14-24(29)28-23-4-2-1-3-22(23)26/h1-14,27H,15-17,26H2,(H,28,29)/b14-11+. The van der Waals surface area contributed by atoms with Crippen LogP contribution in [0.25, 0.3) is 6.08 Å². The maximum absolute atomic E-state index is 12.9. The second-order valence-corrected chi connectivity index (χ2v) is 6.70. The third kappa shape index (κ3) is 6.59.